The van der Waals surface area contributed by atoms with Gasteiger partial charge in [-0.3, -0.25) is 0 Å². The van der Waals surface area contributed by atoms with Gasteiger partial charge in [-0.25, -0.2) is 4.39 Å². The molecule has 0 fully saturated rings. The van der Waals surface area contributed by atoms with Crippen molar-refractivity contribution in [3.8, 4) is 0 Å². The van der Waals surface area contributed by atoms with E-state index in [4.69, 9.17) is 4.43 Å². The summed E-state index contributed by atoms with van der Waals surface area (Å²) in [6.07, 6.45) is 8.66. The van der Waals surface area contributed by atoms with Crippen molar-refractivity contribution in [2.75, 3.05) is 6.61 Å². The van der Waals surface area contributed by atoms with Crippen LogP contribution in [-0.2, 0) is 4.43 Å². The van der Waals surface area contributed by atoms with Gasteiger partial charge >= 0.3 is 0 Å². The van der Waals surface area contributed by atoms with Gasteiger partial charge in [0.15, 0.2) is 8.32 Å². The maximum Gasteiger partial charge on any atom is 0.191 e. The van der Waals surface area contributed by atoms with E-state index in [0.717, 1.165) is 19.4 Å². The van der Waals surface area contributed by atoms with E-state index in [1.807, 2.05) is 0 Å². The second kappa shape index (κ2) is 9.94. The predicted molar refractivity (Wildman–Crippen MR) is 90.7 cm³/mol. The minimum atomic E-state index is -1.54. The molecule has 0 aromatic rings. The van der Waals surface area contributed by atoms with E-state index in [2.05, 4.69) is 33.9 Å². The molecule has 1 unspecified atom stereocenters. The van der Waals surface area contributed by atoms with Crippen LogP contribution < -0.4 is 0 Å². The number of alkyl halides is 1. The van der Waals surface area contributed by atoms with Gasteiger partial charge in [0.2, 0.25) is 0 Å². The minimum absolute atomic E-state index is 0.320. The molecule has 1 atom stereocenters. The van der Waals surface area contributed by atoms with Gasteiger partial charge in [0.1, 0.15) is 0 Å². The van der Waals surface area contributed by atoms with Crippen LogP contribution in [0.1, 0.15) is 79.1 Å². The molecule has 0 amide bonds. The number of hydrogen-bond donors (Lipinski definition) is 0. The number of unbranched alkanes of at least 4 members (excludes halogenated alkanes) is 6. The largest absolute Gasteiger partial charge is 0.417 e. The summed E-state index contributed by atoms with van der Waals surface area (Å²) in [4.78, 5) is 0. The van der Waals surface area contributed by atoms with Crippen molar-refractivity contribution in [3.05, 3.63) is 0 Å². The summed E-state index contributed by atoms with van der Waals surface area (Å²) in [6.45, 7) is 14.1. The van der Waals surface area contributed by atoms with Crippen LogP contribution in [0.2, 0.25) is 18.1 Å². The van der Waals surface area contributed by atoms with Gasteiger partial charge < -0.3 is 4.43 Å². The molecule has 0 aliphatic carbocycles. The molecule has 0 spiro atoms. The summed E-state index contributed by atoms with van der Waals surface area (Å²) < 4.78 is 18.7. The van der Waals surface area contributed by atoms with Crippen molar-refractivity contribution >= 4 is 8.32 Å². The number of rotatable bonds is 11. The van der Waals surface area contributed by atoms with Crippen LogP contribution >= 0.6 is 0 Å². The summed E-state index contributed by atoms with van der Waals surface area (Å²) in [5, 5.41) is 0.320. The molecule has 0 radical (unpaired) electrons. The summed E-state index contributed by atoms with van der Waals surface area (Å²) in [5.74, 6) is 0. The van der Waals surface area contributed by atoms with Crippen LogP contribution in [0.4, 0.5) is 4.39 Å². The first-order valence-electron chi connectivity index (χ1n) is 8.45. The highest BCUT2D eigenvalue weighted by Gasteiger charge is 2.36. The fourth-order valence-corrected chi connectivity index (χ4v) is 3.04. The molecule has 0 N–H and O–H groups in total. The van der Waals surface area contributed by atoms with Gasteiger partial charge in [0, 0.05) is 6.61 Å². The first-order chi connectivity index (χ1) is 9.17. The van der Waals surface area contributed by atoms with Crippen LogP contribution in [-0.4, -0.2) is 21.1 Å². The first-order valence-corrected chi connectivity index (χ1v) is 11.4. The molecule has 0 aromatic carbocycles. The van der Waals surface area contributed by atoms with E-state index in [1.54, 1.807) is 6.92 Å². The molecule has 0 saturated heterocycles. The topological polar surface area (TPSA) is 9.23 Å². The maximum atomic E-state index is 12.6. The molecule has 0 rings (SSSR count). The SMILES string of the molecule is CC(F)CCCCCCCCCO[Si](C)(C)C(C)(C)C. The number of hydrogen-bond acceptors (Lipinski definition) is 1. The average molecular weight is 305 g/mol. The Morgan fingerprint density at radius 1 is 0.900 bits per heavy atom. The lowest BCUT2D eigenvalue weighted by molar-refractivity contribution is 0.277. The molecule has 0 heterocycles. The lowest BCUT2D eigenvalue weighted by atomic mass is 10.1. The zero-order valence-electron chi connectivity index (χ0n) is 14.7. The number of halogens is 1. The summed E-state index contributed by atoms with van der Waals surface area (Å²) in [7, 11) is -1.54. The molecule has 3 heteroatoms. The average Bonchev–Trinajstić information content (AvgIpc) is 2.29. The minimum Gasteiger partial charge on any atom is -0.417 e. The highest BCUT2D eigenvalue weighted by atomic mass is 28.4. The highest BCUT2D eigenvalue weighted by Crippen LogP contribution is 2.36. The van der Waals surface area contributed by atoms with E-state index in [9.17, 15) is 4.39 Å². The molecular weight excluding hydrogens is 267 g/mol. The second-order valence-corrected chi connectivity index (χ2v) is 12.5. The fraction of sp³-hybridized carbons (Fsp3) is 1.00. The third-order valence-electron chi connectivity index (χ3n) is 4.52. The summed E-state index contributed by atoms with van der Waals surface area (Å²) >= 11 is 0. The Kier molecular flexibility index (Phi) is 9.99. The monoisotopic (exact) mass is 304 g/mol. The van der Waals surface area contributed by atoms with Crippen LogP contribution in [0.5, 0.6) is 0 Å². The Labute approximate surface area is 127 Å². The normalized spacial score (nSPS) is 14.6. The first kappa shape index (κ1) is 20.1. The van der Waals surface area contributed by atoms with Gasteiger partial charge in [-0.2, -0.15) is 0 Å². The van der Waals surface area contributed by atoms with Crippen molar-refractivity contribution in [2.45, 2.75) is 103 Å². The van der Waals surface area contributed by atoms with E-state index in [-0.39, 0.29) is 0 Å². The standard InChI is InChI=1S/C17H37FOSi/c1-16(18)14-12-10-8-7-9-11-13-15-19-20(5,6)17(2,3)4/h16H,7-15H2,1-6H3. The van der Waals surface area contributed by atoms with Crippen molar-refractivity contribution in [2.24, 2.45) is 0 Å². The predicted octanol–water partition coefficient (Wildman–Crippen LogP) is 6.49. The Bertz CT molecular complexity index is 234. The summed E-state index contributed by atoms with van der Waals surface area (Å²) in [6, 6.07) is 0. The van der Waals surface area contributed by atoms with Gasteiger partial charge in [-0.05, 0) is 37.9 Å². The van der Waals surface area contributed by atoms with E-state index >= 15 is 0 Å². The zero-order valence-corrected chi connectivity index (χ0v) is 15.7. The smallest absolute Gasteiger partial charge is 0.191 e. The summed E-state index contributed by atoms with van der Waals surface area (Å²) in [5.41, 5.74) is 0. The van der Waals surface area contributed by atoms with Crippen LogP contribution in [0.3, 0.4) is 0 Å². The van der Waals surface area contributed by atoms with Gasteiger partial charge in [-0.1, -0.05) is 59.3 Å². The lowest BCUT2D eigenvalue weighted by Gasteiger charge is -2.36. The molecule has 0 aliphatic heterocycles. The molecule has 122 valence electrons. The Balaban J connectivity index is 3.37. The molecule has 20 heavy (non-hydrogen) atoms. The second-order valence-electron chi connectivity index (χ2n) is 7.65. The molecular formula is C17H37FOSi. The highest BCUT2D eigenvalue weighted by molar-refractivity contribution is 6.74. The fourth-order valence-electron chi connectivity index (χ4n) is 1.96. The van der Waals surface area contributed by atoms with Gasteiger partial charge in [0.25, 0.3) is 0 Å². The third kappa shape index (κ3) is 9.92. The van der Waals surface area contributed by atoms with E-state index in [0.29, 0.717) is 5.04 Å². The van der Waals surface area contributed by atoms with Crippen molar-refractivity contribution < 1.29 is 8.82 Å². The molecule has 1 nitrogen and oxygen atoms in total. The molecule has 0 bridgehead atoms. The van der Waals surface area contributed by atoms with E-state index < -0.39 is 14.5 Å². The Morgan fingerprint density at radius 3 is 1.80 bits per heavy atom. The Hall–Kier alpha value is 0.107. The van der Waals surface area contributed by atoms with Crippen molar-refractivity contribution in [3.63, 3.8) is 0 Å². The lowest BCUT2D eigenvalue weighted by Crippen LogP contribution is -2.40. The van der Waals surface area contributed by atoms with Gasteiger partial charge in [0.05, 0.1) is 6.17 Å². The quantitative estimate of drug-likeness (QED) is 0.313. The molecule has 0 saturated carbocycles. The molecule has 0 aliphatic rings. The van der Waals surface area contributed by atoms with Crippen LogP contribution in [0, 0.1) is 0 Å². The third-order valence-corrected chi connectivity index (χ3v) is 9.05. The van der Waals surface area contributed by atoms with Crippen LogP contribution in [0.25, 0.3) is 0 Å². The zero-order chi connectivity index (χ0) is 15.6. The Morgan fingerprint density at radius 2 is 1.35 bits per heavy atom. The molecule has 0 aromatic heterocycles. The van der Waals surface area contributed by atoms with E-state index in [1.165, 1.54) is 38.5 Å². The van der Waals surface area contributed by atoms with Crippen LogP contribution in [0.15, 0.2) is 0 Å². The van der Waals surface area contributed by atoms with Crippen molar-refractivity contribution in [1.82, 2.24) is 0 Å². The maximum absolute atomic E-state index is 12.6. The van der Waals surface area contributed by atoms with Crippen molar-refractivity contribution in [1.29, 1.82) is 0 Å². The van der Waals surface area contributed by atoms with Gasteiger partial charge in [-0.15, -0.1) is 0 Å².